The van der Waals surface area contributed by atoms with Crippen molar-refractivity contribution in [2.75, 3.05) is 26.4 Å². The zero-order chi connectivity index (χ0) is 19.3. The predicted molar refractivity (Wildman–Crippen MR) is 121 cm³/mol. The van der Waals surface area contributed by atoms with Crippen LogP contribution in [0.25, 0.3) is 0 Å². The molecule has 0 aliphatic carbocycles. The molecule has 0 spiro atoms. The first kappa shape index (κ1) is 28.8. The Morgan fingerprint density at radius 3 is 2.46 bits per heavy atom. The van der Waals surface area contributed by atoms with Gasteiger partial charge in [-0.15, -0.1) is 6.42 Å². The van der Waals surface area contributed by atoms with E-state index in [1.165, 1.54) is 0 Å². The largest absolute Gasteiger partial charge is 0.481 e. The van der Waals surface area contributed by atoms with Crippen molar-refractivity contribution in [2.45, 2.75) is 47.5 Å². The summed E-state index contributed by atoms with van der Waals surface area (Å²) in [4.78, 5) is 21.6. The van der Waals surface area contributed by atoms with E-state index < -0.39 is 6.72 Å². The highest BCUT2D eigenvalue weighted by Gasteiger charge is 2.12. The molecule has 1 amide bonds. The molecule has 0 fully saturated rings. The highest BCUT2D eigenvalue weighted by atomic mass is 32.5. The van der Waals surface area contributed by atoms with Crippen molar-refractivity contribution in [3.8, 4) is 18.1 Å². The quantitative estimate of drug-likeness (QED) is 0.265. The average Bonchev–Trinajstić information content (AvgIpc) is 2.62. The van der Waals surface area contributed by atoms with E-state index in [2.05, 4.69) is 11.2 Å². The van der Waals surface area contributed by atoms with Gasteiger partial charge in [0.15, 0.2) is 0 Å². The third kappa shape index (κ3) is 12.9. The predicted octanol–water partition coefficient (Wildman–Crippen LogP) is 4.78. The first-order chi connectivity index (χ1) is 12.5. The standard InChI is InChI=1S/C18H26NO5PS.2CH4.H2/c1-3-14-22-17-11-9-16(10-12-17)18(20)19-13-7-5-6-8-15-24-25(21,26)23-4-2;;;/h1,9-12H,4-8,13-15H2,2H3,(H,19,20)(H,21,26);2*1H4;1H. The van der Waals surface area contributed by atoms with Crippen LogP contribution in [0.2, 0.25) is 0 Å². The van der Waals surface area contributed by atoms with E-state index in [1.54, 1.807) is 31.2 Å². The van der Waals surface area contributed by atoms with Gasteiger partial charge in [-0.05, 0) is 55.8 Å². The Hall–Kier alpha value is -1.42. The molecule has 0 aromatic heterocycles. The number of hydrogen-bond acceptors (Lipinski definition) is 5. The van der Waals surface area contributed by atoms with Crippen LogP contribution in [0.3, 0.4) is 0 Å². The molecule has 0 bridgehead atoms. The number of unbranched alkanes of at least 4 members (excludes halogenated alkanes) is 3. The molecule has 1 aromatic carbocycles. The van der Waals surface area contributed by atoms with E-state index in [-0.39, 0.29) is 28.8 Å². The van der Waals surface area contributed by atoms with Crippen LogP contribution in [0.5, 0.6) is 5.75 Å². The smallest absolute Gasteiger partial charge is 0.324 e. The maximum atomic E-state index is 12.0. The highest BCUT2D eigenvalue weighted by molar-refractivity contribution is 8.07. The number of terminal acetylenes is 1. The Morgan fingerprint density at radius 2 is 1.86 bits per heavy atom. The monoisotopic (exact) mass is 433 g/mol. The van der Waals surface area contributed by atoms with E-state index >= 15 is 0 Å². The Labute approximate surface area is 176 Å². The van der Waals surface area contributed by atoms with Crippen LogP contribution in [-0.2, 0) is 20.9 Å². The van der Waals surface area contributed by atoms with Gasteiger partial charge < -0.3 is 24.0 Å². The molecule has 0 heterocycles. The molecule has 1 unspecified atom stereocenters. The molecule has 0 saturated heterocycles. The van der Waals surface area contributed by atoms with Crippen LogP contribution in [0.1, 0.15) is 59.2 Å². The molecular formula is C20H36NO5PS. The molecule has 2 N–H and O–H groups in total. The minimum atomic E-state index is -3.05. The van der Waals surface area contributed by atoms with Crippen LogP contribution in [0.4, 0.5) is 0 Å². The maximum Gasteiger partial charge on any atom is 0.324 e. The van der Waals surface area contributed by atoms with Gasteiger partial charge in [-0.1, -0.05) is 33.6 Å². The third-order valence-corrected chi connectivity index (χ3v) is 5.07. The Balaban J connectivity index is -0.00000225. The maximum absolute atomic E-state index is 12.0. The van der Waals surface area contributed by atoms with Gasteiger partial charge in [0.05, 0.1) is 13.2 Å². The number of ether oxygens (including phenoxy) is 1. The fourth-order valence-corrected chi connectivity index (χ4v) is 3.39. The van der Waals surface area contributed by atoms with Crippen molar-refractivity contribution in [3.05, 3.63) is 29.8 Å². The lowest BCUT2D eigenvalue weighted by molar-refractivity contribution is 0.0952. The molecule has 0 aliphatic heterocycles. The van der Waals surface area contributed by atoms with Gasteiger partial charge in [0.2, 0.25) is 0 Å². The lowest BCUT2D eigenvalue weighted by Gasteiger charge is -2.14. The fourth-order valence-electron chi connectivity index (χ4n) is 2.09. The molecule has 1 atom stereocenters. The van der Waals surface area contributed by atoms with Crippen LogP contribution < -0.4 is 10.1 Å². The van der Waals surface area contributed by atoms with Crippen molar-refractivity contribution >= 4 is 24.4 Å². The minimum absolute atomic E-state index is 0. The van der Waals surface area contributed by atoms with E-state index in [0.29, 0.717) is 31.1 Å². The summed E-state index contributed by atoms with van der Waals surface area (Å²) in [6.45, 7) is 0.239. The van der Waals surface area contributed by atoms with Crippen LogP contribution in [0.15, 0.2) is 24.3 Å². The van der Waals surface area contributed by atoms with Gasteiger partial charge >= 0.3 is 6.72 Å². The zero-order valence-electron chi connectivity index (χ0n) is 15.0. The Bertz CT molecular complexity index is 637. The number of nitrogens with one attached hydrogen (secondary N) is 1. The number of amides is 1. The topological polar surface area (TPSA) is 77.0 Å². The summed E-state index contributed by atoms with van der Waals surface area (Å²) >= 11 is 4.82. The molecule has 0 aliphatic rings. The van der Waals surface area contributed by atoms with Gasteiger partial charge in [-0.2, -0.15) is 0 Å². The van der Waals surface area contributed by atoms with Gasteiger partial charge in [0.1, 0.15) is 12.4 Å². The summed E-state index contributed by atoms with van der Waals surface area (Å²) in [6.07, 6.45) is 8.66. The van der Waals surface area contributed by atoms with E-state index in [1.807, 2.05) is 0 Å². The van der Waals surface area contributed by atoms with E-state index in [4.69, 9.17) is 32.0 Å². The summed E-state index contributed by atoms with van der Waals surface area (Å²) in [5.41, 5.74) is 0.580. The first-order valence-electron chi connectivity index (χ1n) is 8.55. The van der Waals surface area contributed by atoms with Gasteiger partial charge in [-0.25, -0.2) is 0 Å². The molecule has 28 heavy (non-hydrogen) atoms. The second-order valence-corrected chi connectivity index (χ2v) is 8.24. The van der Waals surface area contributed by atoms with Crippen LogP contribution in [0, 0.1) is 12.3 Å². The van der Waals surface area contributed by atoms with Crippen molar-refractivity contribution in [1.29, 1.82) is 0 Å². The van der Waals surface area contributed by atoms with Crippen molar-refractivity contribution in [1.82, 2.24) is 5.32 Å². The third-order valence-electron chi connectivity index (χ3n) is 3.34. The van der Waals surface area contributed by atoms with Gasteiger partial charge in [-0.3, -0.25) is 4.79 Å². The van der Waals surface area contributed by atoms with Crippen molar-refractivity contribution in [2.24, 2.45) is 0 Å². The molecule has 0 radical (unpaired) electrons. The summed E-state index contributed by atoms with van der Waals surface area (Å²) in [5, 5.41) is 2.88. The summed E-state index contributed by atoms with van der Waals surface area (Å²) in [7, 11) is 0. The van der Waals surface area contributed by atoms with Crippen LogP contribution >= 0.6 is 6.72 Å². The number of benzene rings is 1. The number of hydrogen-bond donors (Lipinski definition) is 2. The summed E-state index contributed by atoms with van der Waals surface area (Å²) in [6, 6.07) is 6.85. The molecule has 0 saturated carbocycles. The second-order valence-electron chi connectivity index (χ2n) is 5.41. The summed E-state index contributed by atoms with van der Waals surface area (Å²) in [5.74, 6) is 2.91. The molecule has 1 rings (SSSR count). The van der Waals surface area contributed by atoms with Gasteiger partial charge in [0.25, 0.3) is 5.91 Å². The molecule has 8 heteroatoms. The SMILES string of the molecule is C.C.C#CCOc1ccc(C(=O)NCCCCCCOP(O)(=S)OCC)cc1.[HH]. The number of carbonyl (C=O) groups is 1. The van der Waals surface area contributed by atoms with Crippen LogP contribution in [-0.4, -0.2) is 37.2 Å². The lowest BCUT2D eigenvalue weighted by atomic mass is 10.2. The highest BCUT2D eigenvalue weighted by Crippen LogP contribution is 2.43. The first-order valence-corrected chi connectivity index (χ1v) is 11.1. The number of rotatable bonds is 13. The fraction of sp³-hybridized carbons (Fsp3) is 0.550. The molecular weight excluding hydrogens is 397 g/mol. The Kier molecular flexibility index (Phi) is 17.0. The normalized spacial score (nSPS) is 11.9. The molecule has 162 valence electrons. The number of carbonyl (C=O) groups excluding carboxylic acids is 1. The molecule has 6 nitrogen and oxygen atoms in total. The Morgan fingerprint density at radius 1 is 1.21 bits per heavy atom. The lowest BCUT2D eigenvalue weighted by Crippen LogP contribution is -2.24. The van der Waals surface area contributed by atoms with E-state index in [9.17, 15) is 9.69 Å². The zero-order valence-corrected chi connectivity index (χ0v) is 16.7. The molecule has 1 aromatic rings. The van der Waals surface area contributed by atoms with Crippen molar-refractivity contribution < 1.29 is 24.9 Å². The van der Waals surface area contributed by atoms with Crippen molar-refractivity contribution in [3.63, 3.8) is 0 Å². The summed E-state index contributed by atoms with van der Waals surface area (Å²) < 4.78 is 15.4. The minimum Gasteiger partial charge on any atom is -0.481 e. The second kappa shape index (κ2) is 16.5. The van der Waals surface area contributed by atoms with Gasteiger partial charge in [0, 0.05) is 13.5 Å². The average molecular weight is 434 g/mol. The van der Waals surface area contributed by atoms with E-state index in [0.717, 1.165) is 25.7 Å².